The molecule has 1 aromatic heterocycles. The largest absolute Gasteiger partial charge is 0.463 e. The highest BCUT2D eigenvalue weighted by atomic mass is 16.5. The number of urea groups is 1. The molecule has 2 heterocycles. The van der Waals surface area contributed by atoms with Gasteiger partial charge in [-0.1, -0.05) is 18.2 Å². The summed E-state index contributed by atoms with van der Waals surface area (Å²) in [6, 6.07) is 5.82. The minimum atomic E-state index is -0.788. The Hall–Kier alpha value is -3.69. The van der Waals surface area contributed by atoms with Crippen LogP contribution in [-0.4, -0.2) is 47.5 Å². The molecule has 0 aliphatic carbocycles. The Morgan fingerprint density at radius 2 is 1.83 bits per heavy atom. The Bertz CT molecular complexity index is 1100. The molecule has 3 rings (SSSR count). The van der Waals surface area contributed by atoms with Gasteiger partial charge in [-0.15, -0.1) is 0 Å². The zero-order valence-corrected chi connectivity index (χ0v) is 16.9. The smallest absolute Gasteiger partial charge is 0.359 e. The van der Waals surface area contributed by atoms with Gasteiger partial charge in [0.25, 0.3) is 5.56 Å². The lowest BCUT2D eigenvalue weighted by atomic mass is 10.1. The molecule has 0 bridgehead atoms. The Morgan fingerprint density at radius 1 is 1.13 bits per heavy atom. The van der Waals surface area contributed by atoms with E-state index in [1.165, 1.54) is 4.68 Å². The first-order chi connectivity index (χ1) is 14.3. The predicted molar refractivity (Wildman–Crippen MR) is 107 cm³/mol. The van der Waals surface area contributed by atoms with E-state index in [1.54, 1.807) is 45.0 Å². The number of nitrogens with zero attached hydrogens (tertiary/aromatic N) is 2. The minimum Gasteiger partial charge on any atom is -0.463 e. The number of fused-ring (bicyclic) bond motifs is 1. The fourth-order valence-electron chi connectivity index (χ4n) is 2.98. The number of ether oxygens (including phenoxy) is 2. The number of carbonyl (C=O) groups excluding carboxylic acids is 3. The van der Waals surface area contributed by atoms with Crippen molar-refractivity contribution in [2.24, 2.45) is 0 Å². The summed E-state index contributed by atoms with van der Waals surface area (Å²) in [6.45, 7) is 4.97. The third-order valence-electron chi connectivity index (χ3n) is 4.43. The maximum Gasteiger partial charge on any atom is 0.359 e. The normalized spacial score (nSPS) is 13.8. The standard InChI is InChI=1S/C20H22N4O6/c1-4-29-18(26)14-9-21-20(28)22-15(14)10-30-19(27)16-12-7-5-6-8-13(12)17(25)24(23-16)11(2)3/h5-8,11H,4,9-10H2,1-3H3,(H2,21,22,28). The zero-order chi connectivity index (χ0) is 21.8. The van der Waals surface area contributed by atoms with Crippen molar-refractivity contribution >= 4 is 28.7 Å². The van der Waals surface area contributed by atoms with E-state index < -0.39 is 18.0 Å². The van der Waals surface area contributed by atoms with E-state index in [1.807, 2.05) is 0 Å². The summed E-state index contributed by atoms with van der Waals surface area (Å²) in [5, 5.41) is 9.82. The van der Waals surface area contributed by atoms with Gasteiger partial charge in [0.05, 0.1) is 35.8 Å². The van der Waals surface area contributed by atoms with Gasteiger partial charge in [0.15, 0.2) is 5.69 Å². The number of hydrogen-bond acceptors (Lipinski definition) is 7. The molecule has 2 N–H and O–H groups in total. The first-order valence-electron chi connectivity index (χ1n) is 9.46. The van der Waals surface area contributed by atoms with Crippen LogP contribution in [0.2, 0.25) is 0 Å². The second-order valence-corrected chi connectivity index (χ2v) is 6.80. The van der Waals surface area contributed by atoms with Crippen molar-refractivity contribution in [3.63, 3.8) is 0 Å². The summed E-state index contributed by atoms with van der Waals surface area (Å²) >= 11 is 0. The molecule has 0 fully saturated rings. The van der Waals surface area contributed by atoms with Crippen molar-refractivity contribution in [1.82, 2.24) is 20.4 Å². The lowest BCUT2D eigenvalue weighted by Crippen LogP contribution is -2.45. The molecule has 10 heteroatoms. The van der Waals surface area contributed by atoms with Crippen molar-refractivity contribution in [2.45, 2.75) is 26.8 Å². The molecule has 1 aromatic carbocycles. The number of nitrogens with one attached hydrogen (secondary N) is 2. The van der Waals surface area contributed by atoms with Gasteiger partial charge in [0.2, 0.25) is 0 Å². The quantitative estimate of drug-likeness (QED) is 0.681. The van der Waals surface area contributed by atoms with Crippen LogP contribution in [0.15, 0.2) is 40.3 Å². The fourth-order valence-corrected chi connectivity index (χ4v) is 2.98. The van der Waals surface area contributed by atoms with E-state index in [-0.39, 0.29) is 48.3 Å². The fraction of sp³-hybridized carbons (Fsp3) is 0.350. The van der Waals surface area contributed by atoms with Crippen molar-refractivity contribution in [3.05, 3.63) is 51.6 Å². The van der Waals surface area contributed by atoms with Crippen LogP contribution in [0.3, 0.4) is 0 Å². The summed E-state index contributed by atoms with van der Waals surface area (Å²) in [5.41, 5.74) is -0.0474. The van der Waals surface area contributed by atoms with Crippen LogP contribution in [0.5, 0.6) is 0 Å². The maximum absolute atomic E-state index is 12.8. The number of amides is 2. The molecule has 2 aromatic rings. The molecule has 10 nitrogen and oxygen atoms in total. The lowest BCUT2D eigenvalue weighted by molar-refractivity contribution is -0.138. The highest BCUT2D eigenvalue weighted by Gasteiger charge is 2.26. The summed E-state index contributed by atoms with van der Waals surface area (Å²) in [5.74, 6) is -1.41. The highest BCUT2D eigenvalue weighted by Crippen LogP contribution is 2.17. The molecule has 30 heavy (non-hydrogen) atoms. The van der Waals surface area contributed by atoms with E-state index in [9.17, 15) is 19.2 Å². The van der Waals surface area contributed by atoms with E-state index >= 15 is 0 Å². The molecular weight excluding hydrogens is 392 g/mol. The van der Waals surface area contributed by atoms with Gasteiger partial charge < -0.3 is 20.1 Å². The highest BCUT2D eigenvalue weighted by molar-refractivity contribution is 6.02. The van der Waals surface area contributed by atoms with Gasteiger partial charge in [-0.2, -0.15) is 5.10 Å². The maximum atomic E-state index is 12.8. The average Bonchev–Trinajstić information content (AvgIpc) is 2.72. The average molecular weight is 414 g/mol. The molecular formula is C20H22N4O6. The molecule has 1 aliphatic rings. The summed E-state index contributed by atoms with van der Waals surface area (Å²) in [4.78, 5) is 49.2. The Labute approximate surface area is 171 Å². The predicted octanol–water partition coefficient (Wildman–Crippen LogP) is 1.26. The van der Waals surface area contributed by atoms with E-state index in [0.717, 1.165) is 0 Å². The molecule has 0 atom stereocenters. The van der Waals surface area contributed by atoms with Crippen LogP contribution in [0.25, 0.3) is 10.8 Å². The summed E-state index contributed by atoms with van der Waals surface area (Å²) < 4.78 is 11.5. The van der Waals surface area contributed by atoms with Crippen molar-refractivity contribution in [3.8, 4) is 0 Å². The van der Waals surface area contributed by atoms with E-state index in [4.69, 9.17) is 9.47 Å². The van der Waals surface area contributed by atoms with Crippen LogP contribution >= 0.6 is 0 Å². The molecule has 0 saturated carbocycles. The van der Waals surface area contributed by atoms with Gasteiger partial charge in [0, 0.05) is 5.39 Å². The number of benzene rings is 1. The van der Waals surface area contributed by atoms with E-state index in [0.29, 0.717) is 10.8 Å². The van der Waals surface area contributed by atoms with Crippen molar-refractivity contribution in [2.75, 3.05) is 19.8 Å². The zero-order valence-electron chi connectivity index (χ0n) is 16.9. The van der Waals surface area contributed by atoms with Crippen LogP contribution in [0.1, 0.15) is 37.3 Å². The number of aromatic nitrogens is 2. The number of rotatable bonds is 6. The van der Waals surface area contributed by atoms with Gasteiger partial charge in [0.1, 0.15) is 6.61 Å². The number of carbonyl (C=O) groups is 3. The van der Waals surface area contributed by atoms with Crippen LogP contribution in [-0.2, 0) is 14.3 Å². The molecule has 0 spiro atoms. The van der Waals surface area contributed by atoms with Crippen molar-refractivity contribution in [1.29, 1.82) is 0 Å². The first-order valence-corrected chi connectivity index (χ1v) is 9.46. The third-order valence-corrected chi connectivity index (χ3v) is 4.43. The number of esters is 2. The Morgan fingerprint density at radius 3 is 2.50 bits per heavy atom. The van der Waals surface area contributed by atoms with Crippen LogP contribution in [0.4, 0.5) is 4.79 Å². The van der Waals surface area contributed by atoms with Gasteiger partial charge in [-0.3, -0.25) is 4.79 Å². The SMILES string of the molecule is CCOC(=O)C1=C(COC(=O)c2nn(C(C)C)c(=O)c3ccccc23)NC(=O)NC1. The van der Waals surface area contributed by atoms with Crippen molar-refractivity contribution < 1.29 is 23.9 Å². The summed E-state index contributed by atoms with van der Waals surface area (Å²) in [7, 11) is 0. The minimum absolute atomic E-state index is 0.0301. The second kappa shape index (κ2) is 8.76. The summed E-state index contributed by atoms with van der Waals surface area (Å²) in [6.07, 6.45) is 0. The monoisotopic (exact) mass is 414 g/mol. The first kappa shape index (κ1) is 21.0. The van der Waals surface area contributed by atoms with Crippen LogP contribution in [0, 0.1) is 0 Å². The molecule has 0 unspecified atom stereocenters. The lowest BCUT2D eigenvalue weighted by Gasteiger charge is -2.21. The van der Waals surface area contributed by atoms with Crippen LogP contribution < -0.4 is 16.2 Å². The third kappa shape index (κ3) is 4.17. The second-order valence-electron chi connectivity index (χ2n) is 6.80. The number of hydrogen-bond donors (Lipinski definition) is 2. The molecule has 1 aliphatic heterocycles. The molecule has 158 valence electrons. The van der Waals surface area contributed by atoms with Gasteiger partial charge in [-0.25, -0.2) is 19.1 Å². The van der Waals surface area contributed by atoms with Gasteiger partial charge in [-0.05, 0) is 26.8 Å². The molecule has 2 amide bonds. The topological polar surface area (TPSA) is 129 Å². The van der Waals surface area contributed by atoms with Gasteiger partial charge >= 0.3 is 18.0 Å². The van der Waals surface area contributed by atoms with E-state index in [2.05, 4.69) is 15.7 Å². The molecule has 0 radical (unpaired) electrons. The molecule has 0 saturated heterocycles. The Kier molecular flexibility index (Phi) is 6.14. The Balaban J connectivity index is 1.93.